The second-order valence-corrected chi connectivity index (χ2v) is 7.29. The number of nitrogens with one attached hydrogen (secondary N) is 1. The molecule has 0 bridgehead atoms. The summed E-state index contributed by atoms with van der Waals surface area (Å²) in [5, 5.41) is 2.78. The topological polar surface area (TPSA) is 84.3 Å². The van der Waals surface area contributed by atoms with Crippen molar-refractivity contribution in [3.8, 4) is 0 Å². The number of fused-ring (bicyclic) bond motifs is 1. The first kappa shape index (κ1) is 15.0. The van der Waals surface area contributed by atoms with Crippen molar-refractivity contribution in [1.29, 1.82) is 0 Å². The third kappa shape index (κ3) is 2.85. The van der Waals surface area contributed by atoms with Crippen LogP contribution in [0.25, 0.3) is 0 Å². The van der Waals surface area contributed by atoms with Gasteiger partial charge in [0.2, 0.25) is 10.0 Å². The summed E-state index contributed by atoms with van der Waals surface area (Å²) >= 11 is 0. The van der Waals surface area contributed by atoms with Crippen molar-refractivity contribution in [1.82, 2.24) is 19.2 Å². The van der Waals surface area contributed by atoms with Gasteiger partial charge in [0.25, 0.3) is 5.91 Å². The lowest BCUT2D eigenvalue weighted by atomic mass is 10.2. The van der Waals surface area contributed by atoms with Gasteiger partial charge in [-0.3, -0.25) is 4.79 Å². The number of carbonyl (C=O) groups is 1. The van der Waals surface area contributed by atoms with E-state index in [1.165, 1.54) is 10.6 Å². The molecular weight excluding hydrogens is 280 g/mol. The van der Waals surface area contributed by atoms with Gasteiger partial charge in [-0.1, -0.05) is 0 Å². The lowest BCUT2D eigenvalue weighted by Gasteiger charge is -2.31. The molecule has 1 atom stereocenters. The van der Waals surface area contributed by atoms with Gasteiger partial charge in [-0.25, -0.2) is 13.4 Å². The number of aromatic nitrogens is 2. The van der Waals surface area contributed by atoms with E-state index in [4.69, 9.17) is 0 Å². The number of carbonyl (C=O) groups excluding carboxylic acids is 1. The molecule has 7 nitrogen and oxygen atoms in total. The number of amides is 1. The van der Waals surface area contributed by atoms with Crippen LogP contribution in [0.5, 0.6) is 0 Å². The molecule has 0 saturated carbocycles. The Hall–Kier alpha value is -1.41. The summed E-state index contributed by atoms with van der Waals surface area (Å²) in [6.07, 6.45) is 2.87. The smallest absolute Gasteiger partial charge is 0.271 e. The molecule has 2 heterocycles. The molecule has 1 aliphatic rings. The van der Waals surface area contributed by atoms with E-state index in [0.717, 1.165) is 0 Å². The average Bonchev–Trinajstić information content (AvgIpc) is 2.71. The van der Waals surface area contributed by atoms with Crippen molar-refractivity contribution < 1.29 is 13.2 Å². The fourth-order valence-corrected chi connectivity index (χ4v) is 3.45. The fraction of sp³-hybridized carbons (Fsp3) is 0.667. The summed E-state index contributed by atoms with van der Waals surface area (Å²) in [6, 6.07) is -0.328. The van der Waals surface area contributed by atoms with Crippen LogP contribution < -0.4 is 5.32 Å². The van der Waals surface area contributed by atoms with E-state index >= 15 is 0 Å². The molecule has 112 valence electrons. The highest BCUT2D eigenvalue weighted by atomic mass is 32.2. The predicted octanol–water partition coefficient (Wildman–Crippen LogP) is 0.357. The number of hydrogen-bond acceptors (Lipinski definition) is 4. The lowest BCUT2D eigenvalue weighted by molar-refractivity contribution is 0.0938. The molecule has 0 aromatic carbocycles. The predicted molar refractivity (Wildman–Crippen MR) is 74.8 cm³/mol. The molecule has 1 N–H and O–H groups in total. The Morgan fingerprint density at radius 1 is 1.45 bits per heavy atom. The summed E-state index contributed by atoms with van der Waals surface area (Å²) in [5.74, 6) is 0.371. The highest BCUT2D eigenvalue weighted by Gasteiger charge is 2.32. The van der Waals surface area contributed by atoms with Crippen molar-refractivity contribution in [3.05, 3.63) is 17.7 Å². The van der Waals surface area contributed by atoms with Crippen molar-refractivity contribution in [3.63, 3.8) is 0 Å². The molecule has 1 unspecified atom stereocenters. The van der Waals surface area contributed by atoms with Crippen LogP contribution in [0.2, 0.25) is 0 Å². The minimum Gasteiger partial charge on any atom is -0.348 e. The summed E-state index contributed by atoms with van der Waals surface area (Å²) in [5.41, 5.74) is 0.330. The summed E-state index contributed by atoms with van der Waals surface area (Å²) in [4.78, 5) is 16.2. The van der Waals surface area contributed by atoms with E-state index in [1.54, 1.807) is 13.1 Å². The first-order chi connectivity index (χ1) is 9.20. The minimum atomic E-state index is -3.27. The zero-order valence-electron chi connectivity index (χ0n) is 12.1. The van der Waals surface area contributed by atoms with Gasteiger partial charge in [0.1, 0.15) is 11.5 Å². The van der Waals surface area contributed by atoms with Crippen LogP contribution in [0.3, 0.4) is 0 Å². The van der Waals surface area contributed by atoms with E-state index in [1.807, 2.05) is 18.4 Å². The van der Waals surface area contributed by atoms with Crippen LogP contribution in [0.1, 0.15) is 43.1 Å². The largest absolute Gasteiger partial charge is 0.348 e. The molecule has 0 aliphatic carbocycles. The Kier molecular flexibility index (Phi) is 3.88. The zero-order chi connectivity index (χ0) is 15.1. The molecule has 8 heteroatoms. The fourth-order valence-electron chi connectivity index (χ4n) is 2.37. The highest BCUT2D eigenvalue weighted by Crippen LogP contribution is 2.26. The van der Waals surface area contributed by atoms with Gasteiger partial charge in [0.15, 0.2) is 0 Å². The molecule has 0 fully saturated rings. The van der Waals surface area contributed by atoms with Crippen LogP contribution >= 0.6 is 0 Å². The number of rotatable bonds is 3. The van der Waals surface area contributed by atoms with Gasteiger partial charge in [0.05, 0.1) is 12.3 Å². The molecule has 1 aromatic rings. The average molecular weight is 300 g/mol. The number of imidazole rings is 1. The van der Waals surface area contributed by atoms with E-state index in [9.17, 15) is 13.2 Å². The zero-order valence-corrected chi connectivity index (χ0v) is 12.9. The lowest BCUT2D eigenvalue weighted by Crippen LogP contribution is -2.40. The Bertz CT molecular complexity index is 621. The first-order valence-electron chi connectivity index (χ1n) is 6.55. The molecule has 2 rings (SSSR count). The van der Waals surface area contributed by atoms with Gasteiger partial charge >= 0.3 is 0 Å². The molecule has 1 aromatic heterocycles. The van der Waals surface area contributed by atoms with Crippen LogP contribution in [0.15, 0.2) is 6.20 Å². The molecule has 1 aliphatic heterocycles. The summed E-state index contributed by atoms with van der Waals surface area (Å²) < 4.78 is 26.7. The standard InChI is InChI=1S/C12H20N4O3S/c1-8(2)13-12(17)10-7-15-5-6-16(20(4,18)19)9(3)11(15)14-10/h7-9H,5-6H2,1-4H3,(H,13,17). The Morgan fingerprint density at radius 3 is 2.65 bits per heavy atom. The van der Waals surface area contributed by atoms with E-state index in [2.05, 4.69) is 10.3 Å². The van der Waals surface area contributed by atoms with Crippen molar-refractivity contribution >= 4 is 15.9 Å². The van der Waals surface area contributed by atoms with E-state index in [0.29, 0.717) is 24.6 Å². The highest BCUT2D eigenvalue weighted by molar-refractivity contribution is 7.88. The Morgan fingerprint density at radius 2 is 2.10 bits per heavy atom. The molecular formula is C12H20N4O3S. The van der Waals surface area contributed by atoms with Gasteiger partial charge in [-0.05, 0) is 20.8 Å². The van der Waals surface area contributed by atoms with Gasteiger partial charge in [-0.15, -0.1) is 0 Å². The van der Waals surface area contributed by atoms with E-state index in [-0.39, 0.29) is 18.0 Å². The SMILES string of the molecule is CC(C)NC(=O)c1cn2c(n1)C(C)N(S(C)(=O)=O)CC2. The molecule has 0 spiro atoms. The Labute approximate surface area is 119 Å². The van der Waals surface area contributed by atoms with Crippen molar-refractivity contribution in [2.45, 2.75) is 39.4 Å². The third-order valence-corrected chi connectivity index (χ3v) is 4.60. The second kappa shape index (κ2) is 5.17. The summed E-state index contributed by atoms with van der Waals surface area (Å²) in [7, 11) is -3.27. The quantitative estimate of drug-likeness (QED) is 0.873. The Balaban J connectivity index is 2.29. The van der Waals surface area contributed by atoms with Crippen LogP contribution in [0.4, 0.5) is 0 Å². The first-order valence-corrected chi connectivity index (χ1v) is 8.39. The van der Waals surface area contributed by atoms with Crippen LogP contribution in [-0.4, -0.2) is 47.0 Å². The maximum Gasteiger partial charge on any atom is 0.271 e. The maximum atomic E-state index is 11.9. The molecule has 1 amide bonds. The van der Waals surface area contributed by atoms with Crippen LogP contribution in [-0.2, 0) is 16.6 Å². The molecule has 0 radical (unpaired) electrons. The van der Waals surface area contributed by atoms with Gasteiger partial charge in [0, 0.05) is 25.3 Å². The number of hydrogen-bond donors (Lipinski definition) is 1. The summed E-state index contributed by atoms with van der Waals surface area (Å²) in [6.45, 7) is 6.44. The number of nitrogens with zero attached hydrogens (tertiary/aromatic N) is 3. The molecule has 0 saturated heterocycles. The van der Waals surface area contributed by atoms with Gasteiger partial charge in [-0.2, -0.15) is 4.31 Å². The number of sulfonamides is 1. The van der Waals surface area contributed by atoms with Gasteiger partial charge < -0.3 is 9.88 Å². The monoisotopic (exact) mass is 300 g/mol. The third-order valence-electron chi connectivity index (χ3n) is 3.25. The maximum absolute atomic E-state index is 11.9. The van der Waals surface area contributed by atoms with Crippen molar-refractivity contribution in [2.75, 3.05) is 12.8 Å². The van der Waals surface area contributed by atoms with E-state index < -0.39 is 10.0 Å². The van der Waals surface area contributed by atoms with Crippen molar-refractivity contribution in [2.24, 2.45) is 0 Å². The second-order valence-electron chi connectivity index (χ2n) is 5.36. The normalized spacial score (nSPS) is 19.9. The molecule has 20 heavy (non-hydrogen) atoms. The minimum absolute atomic E-state index is 0.0335. The van der Waals surface area contributed by atoms with Crippen LogP contribution in [0, 0.1) is 0 Å².